The summed E-state index contributed by atoms with van der Waals surface area (Å²) >= 11 is 15.7. The van der Waals surface area contributed by atoms with Crippen molar-refractivity contribution in [2.75, 3.05) is 6.61 Å². The lowest BCUT2D eigenvalue weighted by Gasteiger charge is -2.09. The molecule has 1 aromatic carbocycles. The molecule has 0 fully saturated rings. The summed E-state index contributed by atoms with van der Waals surface area (Å²) < 4.78 is 6.16. The molecule has 2 aromatic rings. The molecule has 0 amide bonds. The molecule has 6 heteroatoms. The molecule has 0 aliphatic rings. The lowest BCUT2D eigenvalue weighted by atomic mass is 10.1. The van der Waals surface area contributed by atoms with Crippen LogP contribution in [0.3, 0.4) is 0 Å². The van der Waals surface area contributed by atoms with E-state index in [4.69, 9.17) is 27.9 Å². The number of aromatic nitrogens is 2. The average molecular weight is 362 g/mol. The van der Waals surface area contributed by atoms with Gasteiger partial charge in [-0.05, 0) is 19.1 Å². The van der Waals surface area contributed by atoms with Crippen molar-refractivity contribution >= 4 is 39.1 Å². The van der Waals surface area contributed by atoms with Crippen LogP contribution in [0.5, 0.6) is 0 Å². The molecule has 0 saturated heterocycles. The molecule has 0 aliphatic heterocycles. The van der Waals surface area contributed by atoms with Crippen molar-refractivity contribution in [3.05, 3.63) is 44.7 Å². The van der Waals surface area contributed by atoms with Crippen LogP contribution in [0.1, 0.15) is 12.7 Å². The molecule has 2 rings (SSSR count). The van der Waals surface area contributed by atoms with Gasteiger partial charge in [-0.15, -0.1) is 0 Å². The van der Waals surface area contributed by atoms with Crippen molar-refractivity contribution in [3.8, 4) is 11.3 Å². The van der Waals surface area contributed by atoms with E-state index < -0.39 is 0 Å². The average Bonchev–Trinajstić information content (AvgIpc) is 2.35. The summed E-state index contributed by atoms with van der Waals surface area (Å²) in [5, 5.41) is 0.970. The molecule has 19 heavy (non-hydrogen) atoms. The first-order valence-electron chi connectivity index (χ1n) is 5.67. The summed E-state index contributed by atoms with van der Waals surface area (Å²) in [5.41, 5.74) is 1.47. The third-order valence-corrected chi connectivity index (χ3v) is 3.56. The third kappa shape index (κ3) is 3.66. The first-order valence-corrected chi connectivity index (χ1v) is 7.22. The number of halogens is 3. The predicted octanol–water partition coefficient (Wildman–Crippen LogP) is 4.75. The maximum Gasteiger partial charge on any atom is 0.156 e. The van der Waals surface area contributed by atoms with Crippen LogP contribution in [0.2, 0.25) is 10.2 Å². The second-order valence-electron chi connectivity index (χ2n) is 3.73. The summed E-state index contributed by atoms with van der Waals surface area (Å²) in [6.45, 7) is 2.84. The number of hydrogen-bond donors (Lipinski definition) is 0. The molecular formula is C13H11BrCl2N2O. The van der Waals surface area contributed by atoms with Crippen LogP contribution < -0.4 is 0 Å². The van der Waals surface area contributed by atoms with Gasteiger partial charge in [0.05, 0.1) is 10.7 Å². The van der Waals surface area contributed by atoms with E-state index in [1.807, 2.05) is 19.1 Å². The molecule has 0 atom stereocenters. The lowest BCUT2D eigenvalue weighted by molar-refractivity contribution is 0.128. The summed E-state index contributed by atoms with van der Waals surface area (Å²) in [6.07, 6.45) is 0. The maximum atomic E-state index is 6.21. The number of nitrogens with zero attached hydrogens (tertiary/aromatic N) is 2. The SMILES string of the molecule is CCOCc1nc(Cl)cc(-c2c(Cl)cccc2Br)n1. The lowest BCUT2D eigenvalue weighted by Crippen LogP contribution is -2.01. The topological polar surface area (TPSA) is 35.0 Å². The standard InChI is InChI=1S/C13H11BrCl2N2O/c1-2-19-7-12-17-10(6-11(16)18-12)13-8(14)4-3-5-9(13)15/h3-6H,2,7H2,1H3. The second kappa shape index (κ2) is 6.66. The number of benzene rings is 1. The minimum Gasteiger partial charge on any atom is -0.374 e. The highest BCUT2D eigenvalue weighted by molar-refractivity contribution is 9.10. The Kier molecular flexibility index (Phi) is 5.16. The zero-order valence-corrected chi connectivity index (χ0v) is 13.3. The largest absolute Gasteiger partial charge is 0.374 e. The second-order valence-corrected chi connectivity index (χ2v) is 5.37. The van der Waals surface area contributed by atoms with Gasteiger partial charge >= 0.3 is 0 Å². The Bertz CT molecular complexity index is 573. The van der Waals surface area contributed by atoms with Crippen LogP contribution in [-0.4, -0.2) is 16.6 Å². The van der Waals surface area contributed by atoms with E-state index >= 15 is 0 Å². The Morgan fingerprint density at radius 3 is 2.74 bits per heavy atom. The van der Waals surface area contributed by atoms with Crippen LogP contribution in [-0.2, 0) is 11.3 Å². The quantitative estimate of drug-likeness (QED) is 0.737. The van der Waals surface area contributed by atoms with Gasteiger partial charge in [-0.3, -0.25) is 0 Å². The van der Waals surface area contributed by atoms with Gasteiger partial charge in [0.25, 0.3) is 0 Å². The molecule has 3 nitrogen and oxygen atoms in total. The van der Waals surface area contributed by atoms with E-state index in [-0.39, 0.29) is 0 Å². The maximum absolute atomic E-state index is 6.21. The first kappa shape index (κ1) is 14.7. The molecule has 0 unspecified atom stereocenters. The fourth-order valence-corrected chi connectivity index (χ4v) is 2.75. The zero-order chi connectivity index (χ0) is 13.8. The Balaban J connectivity index is 2.47. The van der Waals surface area contributed by atoms with Crippen LogP contribution in [0, 0.1) is 0 Å². The van der Waals surface area contributed by atoms with E-state index in [2.05, 4.69) is 25.9 Å². The molecule has 0 aliphatic carbocycles. The van der Waals surface area contributed by atoms with Crippen molar-refractivity contribution in [1.82, 2.24) is 9.97 Å². The van der Waals surface area contributed by atoms with Crippen molar-refractivity contribution < 1.29 is 4.74 Å². The molecule has 0 radical (unpaired) electrons. The van der Waals surface area contributed by atoms with Gasteiger partial charge in [0.15, 0.2) is 5.82 Å². The number of rotatable bonds is 4. The first-order chi connectivity index (χ1) is 9.11. The Morgan fingerprint density at radius 1 is 1.26 bits per heavy atom. The summed E-state index contributed by atoms with van der Waals surface area (Å²) in [5.74, 6) is 0.538. The van der Waals surface area contributed by atoms with Crippen LogP contribution in [0.4, 0.5) is 0 Å². The van der Waals surface area contributed by atoms with Gasteiger partial charge in [0.2, 0.25) is 0 Å². The highest BCUT2D eigenvalue weighted by atomic mass is 79.9. The van der Waals surface area contributed by atoms with Crippen molar-refractivity contribution in [2.45, 2.75) is 13.5 Å². The molecule has 1 aromatic heterocycles. The van der Waals surface area contributed by atoms with Crippen molar-refractivity contribution in [1.29, 1.82) is 0 Å². The smallest absolute Gasteiger partial charge is 0.156 e. The van der Waals surface area contributed by atoms with Gasteiger partial charge in [-0.25, -0.2) is 9.97 Å². The molecular weight excluding hydrogens is 351 g/mol. The van der Waals surface area contributed by atoms with E-state index in [0.29, 0.717) is 34.9 Å². The molecule has 0 bridgehead atoms. The van der Waals surface area contributed by atoms with Crippen LogP contribution >= 0.6 is 39.1 Å². The van der Waals surface area contributed by atoms with Crippen LogP contribution in [0.25, 0.3) is 11.3 Å². The van der Waals surface area contributed by atoms with Crippen molar-refractivity contribution in [3.63, 3.8) is 0 Å². The van der Waals surface area contributed by atoms with E-state index in [0.717, 1.165) is 10.0 Å². The molecule has 0 N–H and O–H groups in total. The van der Waals surface area contributed by atoms with E-state index in [1.54, 1.807) is 12.1 Å². The Morgan fingerprint density at radius 2 is 2.05 bits per heavy atom. The van der Waals surface area contributed by atoms with E-state index in [1.165, 1.54) is 0 Å². The summed E-state index contributed by atoms with van der Waals surface area (Å²) in [6, 6.07) is 7.25. The predicted molar refractivity (Wildman–Crippen MR) is 80.5 cm³/mol. The van der Waals surface area contributed by atoms with Crippen LogP contribution in [0.15, 0.2) is 28.7 Å². The fraction of sp³-hybridized carbons (Fsp3) is 0.231. The summed E-state index contributed by atoms with van der Waals surface area (Å²) in [7, 11) is 0. The normalized spacial score (nSPS) is 10.7. The highest BCUT2D eigenvalue weighted by Crippen LogP contribution is 2.34. The third-order valence-electron chi connectivity index (χ3n) is 2.40. The van der Waals surface area contributed by atoms with E-state index in [9.17, 15) is 0 Å². The molecule has 0 saturated carbocycles. The Labute approximate surface area is 130 Å². The number of hydrogen-bond acceptors (Lipinski definition) is 3. The number of ether oxygens (including phenoxy) is 1. The minimum absolute atomic E-state index is 0.326. The molecule has 0 spiro atoms. The zero-order valence-electron chi connectivity index (χ0n) is 10.2. The molecule has 100 valence electrons. The van der Waals surface area contributed by atoms with Gasteiger partial charge in [-0.1, -0.05) is 45.2 Å². The van der Waals surface area contributed by atoms with Gasteiger partial charge in [0.1, 0.15) is 11.8 Å². The highest BCUT2D eigenvalue weighted by Gasteiger charge is 2.12. The Hall–Kier alpha value is -0.680. The monoisotopic (exact) mass is 360 g/mol. The van der Waals surface area contributed by atoms with Gasteiger partial charge < -0.3 is 4.74 Å². The van der Waals surface area contributed by atoms with Crippen molar-refractivity contribution in [2.24, 2.45) is 0 Å². The minimum atomic E-state index is 0.326. The van der Waals surface area contributed by atoms with Gasteiger partial charge in [0, 0.05) is 22.7 Å². The fourth-order valence-electron chi connectivity index (χ4n) is 1.59. The molecule has 1 heterocycles. The van der Waals surface area contributed by atoms with Gasteiger partial charge in [-0.2, -0.15) is 0 Å². The summed E-state index contributed by atoms with van der Waals surface area (Å²) in [4.78, 5) is 8.56.